The molecule has 0 aromatic heterocycles. The monoisotopic (exact) mass is 424 g/mol. The zero-order valence-corrected chi connectivity index (χ0v) is 19.3. The summed E-state index contributed by atoms with van der Waals surface area (Å²) in [6.45, 7) is 14.1. The van der Waals surface area contributed by atoms with Crippen LogP contribution in [-0.4, -0.2) is 31.5 Å². The van der Waals surface area contributed by atoms with Crippen LogP contribution in [0.1, 0.15) is 67.2 Å². The van der Waals surface area contributed by atoms with Crippen molar-refractivity contribution in [2.75, 3.05) is 20.4 Å². The molecule has 0 unspecified atom stereocenters. The number of nitrogens with zero attached hydrogens (tertiary/aromatic N) is 2. The fourth-order valence-corrected chi connectivity index (χ4v) is 1.87. The average Bonchev–Trinajstić information content (AvgIpc) is 2.67. The molecule has 1 rings (SSSR count). The summed E-state index contributed by atoms with van der Waals surface area (Å²) in [5, 5.41) is 8.75. The molecule has 1 fully saturated rings. The van der Waals surface area contributed by atoms with Crippen molar-refractivity contribution in [2.45, 2.75) is 78.3 Å². The largest absolute Gasteiger partial charge is 3.00 e. The predicted octanol–water partition coefficient (Wildman–Crippen LogP) is 5.56. The van der Waals surface area contributed by atoms with Crippen LogP contribution in [0.15, 0.2) is 0 Å². The van der Waals surface area contributed by atoms with E-state index in [0.717, 1.165) is 12.5 Å². The SMILES string of the molecule is CC(C)(C)[N-]C[N-]C(C)(C)C.COCC1CCCC1.[CH3-].[La+3]. The second-order valence-corrected chi connectivity index (χ2v) is 7.41. The Morgan fingerprint density at radius 3 is 1.57 bits per heavy atom. The molecule has 0 aromatic rings. The Kier molecular flexibility index (Phi) is 17.3. The van der Waals surface area contributed by atoms with Crippen LogP contribution in [0.4, 0.5) is 0 Å². The van der Waals surface area contributed by atoms with Gasteiger partial charge in [0.1, 0.15) is 0 Å². The number of ether oxygens (including phenoxy) is 1. The van der Waals surface area contributed by atoms with Gasteiger partial charge in [0.2, 0.25) is 0 Å². The first-order valence-electron chi connectivity index (χ1n) is 7.50. The Balaban J connectivity index is -0.000000291. The van der Waals surface area contributed by atoms with Crippen molar-refractivity contribution in [2.24, 2.45) is 5.92 Å². The summed E-state index contributed by atoms with van der Waals surface area (Å²) in [4.78, 5) is 0. The first-order valence-corrected chi connectivity index (χ1v) is 7.50. The van der Waals surface area contributed by atoms with Crippen LogP contribution >= 0.6 is 0 Å². The van der Waals surface area contributed by atoms with Gasteiger partial charge in [-0.2, -0.15) is 0 Å². The smallest absolute Gasteiger partial charge is 0.676 e. The van der Waals surface area contributed by atoms with Gasteiger partial charge < -0.3 is 22.8 Å². The minimum absolute atomic E-state index is 0. The number of hydrogen-bond donors (Lipinski definition) is 0. The van der Waals surface area contributed by atoms with Gasteiger partial charge in [0.25, 0.3) is 0 Å². The molecule has 0 aliphatic heterocycles. The fourth-order valence-electron chi connectivity index (χ4n) is 1.87. The van der Waals surface area contributed by atoms with Gasteiger partial charge in [-0.25, -0.2) is 0 Å². The average molecular weight is 424 g/mol. The maximum Gasteiger partial charge on any atom is 3.00 e. The normalized spacial score (nSPS) is 15.6. The molecule has 0 aromatic carbocycles. The summed E-state index contributed by atoms with van der Waals surface area (Å²) in [5.41, 5.74) is 0.101. The summed E-state index contributed by atoms with van der Waals surface area (Å²) < 4.78 is 5.03. The Morgan fingerprint density at radius 2 is 1.29 bits per heavy atom. The van der Waals surface area contributed by atoms with Crippen molar-refractivity contribution in [3.63, 3.8) is 0 Å². The third kappa shape index (κ3) is 21.1. The molecule has 0 heterocycles. The quantitative estimate of drug-likeness (QED) is 0.545. The molecule has 0 amide bonds. The molecule has 124 valence electrons. The Hall–Kier alpha value is 1.07. The molecule has 0 spiro atoms. The molecule has 3 nitrogen and oxygen atoms in total. The minimum atomic E-state index is 0. The summed E-state index contributed by atoms with van der Waals surface area (Å²) in [6, 6.07) is 0. The van der Waals surface area contributed by atoms with E-state index in [0.29, 0.717) is 6.67 Å². The molecule has 0 bridgehead atoms. The Bertz CT molecular complexity index is 202. The summed E-state index contributed by atoms with van der Waals surface area (Å²) in [7, 11) is 1.79. The van der Waals surface area contributed by atoms with E-state index in [1.165, 1.54) is 25.7 Å². The number of hydrogen-bond acceptors (Lipinski definition) is 1. The molecule has 4 heteroatoms. The van der Waals surface area contributed by atoms with Gasteiger partial charge in [-0.3, -0.25) is 6.67 Å². The first kappa shape index (κ1) is 26.9. The van der Waals surface area contributed by atoms with E-state index >= 15 is 0 Å². The van der Waals surface area contributed by atoms with Gasteiger partial charge in [0, 0.05) is 13.7 Å². The number of methoxy groups -OCH3 is 1. The van der Waals surface area contributed by atoms with Crippen molar-refractivity contribution in [1.29, 1.82) is 0 Å². The third-order valence-corrected chi connectivity index (χ3v) is 2.97. The topological polar surface area (TPSA) is 37.4 Å². The van der Waals surface area contributed by atoms with Gasteiger partial charge >= 0.3 is 35.6 Å². The van der Waals surface area contributed by atoms with E-state index < -0.39 is 0 Å². The maximum absolute atomic E-state index is 5.03. The zero-order valence-electron chi connectivity index (χ0n) is 15.7. The third-order valence-electron chi connectivity index (χ3n) is 2.97. The van der Waals surface area contributed by atoms with Gasteiger partial charge in [0.15, 0.2) is 0 Å². The molecular formula is C17H37LaN2O. The molecule has 1 saturated carbocycles. The van der Waals surface area contributed by atoms with Crippen molar-refractivity contribution in [3.05, 3.63) is 18.1 Å². The van der Waals surface area contributed by atoms with Gasteiger partial charge in [-0.05, 0) is 18.8 Å². The Labute approximate surface area is 162 Å². The standard InChI is InChI=1S/C9H20N2.C7H14O.CH3.La/c1-8(2,3)10-7-11-9(4,5)6;1-8-6-7-4-2-3-5-7;;/h7H2,1-6H3;7H,2-6H2,1H3;1H3;/q-2;;-1;+3. The van der Waals surface area contributed by atoms with E-state index in [9.17, 15) is 0 Å². The molecule has 0 radical (unpaired) electrons. The van der Waals surface area contributed by atoms with Gasteiger partial charge in [0.05, 0.1) is 0 Å². The van der Waals surface area contributed by atoms with Gasteiger partial charge in [-0.15, -0.1) is 11.1 Å². The van der Waals surface area contributed by atoms with Crippen LogP contribution in [0, 0.1) is 48.9 Å². The molecule has 0 saturated heterocycles. The van der Waals surface area contributed by atoms with E-state index in [1.54, 1.807) is 7.11 Å². The summed E-state index contributed by atoms with van der Waals surface area (Å²) in [6.07, 6.45) is 5.64. The van der Waals surface area contributed by atoms with Crippen molar-refractivity contribution < 1.29 is 40.3 Å². The number of rotatable bonds is 4. The second-order valence-electron chi connectivity index (χ2n) is 7.41. The van der Waals surface area contributed by atoms with E-state index in [2.05, 4.69) is 52.2 Å². The van der Waals surface area contributed by atoms with Crippen molar-refractivity contribution >= 4 is 0 Å². The predicted molar refractivity (Wildman–Crippen MR) is 91.3 cm³/mol. The second kappa shape index (κ2) is 13.5. The first-order chi connectivity index (χ1) is 8.64. The van der Waals surface area contributed by atoms with Gasteiger partial charge in [-0.1, -0.05) is 54.4 Å². The fraction of sp³-hybridized carbons (Fsp3) is 0.941. The van der Waals surface area contributed by atoms with Crippen molar-refractivity contribution in [3.8, 4) is 0 Å². The molecule has 0 N–H and O–H groups in total. The molecule has 1 aliphatic rings. The molecule has 0 atom stereocenters. The molecule has 1 aliphatic carbocycles. The summed E-state index contributed by atoms with van der Waals surface area (Å²) >= 11 is 0. The Morgan fingerprint density at radius 1 is 0.905 bits per heavy atom. The minimum Gasteiger partial charge on any atom is -0.676 e. The zero-order chi connectivity index (χ0) is 14.9. The van der Waals surface area contributed by atoms with Crippen LogP contribution in [0.5, 0.6) is 0 Å². The van der Waals surface area contributed by atoms with Crippen molar-refractivity contribution in [1.82, 2.24) is 0 Å². The van der Waals surface area contributed by atoms with Crippen LogP contribution in [0.3, 0.4) is 0 Å². The maximum atomic E-state index is 5.03. The van der Waals surface area contributed by atoms with E-state index in [1.807, 2.05) is 0 Å². The summed E-state index contributed by atoms with van der Waals surface area (Å²) in [5.74, 6) is 0.889. The van der Waals surface area contributed by atoms with Crippen LogP contribution < -0.4 is 0 Å². The van der Waals surface area contributed by atoms with Crippen LogP contribution in [-0.2, 0) is 4.74 Å². The van der Waals surface area contributed by atoms with Crippen LogP contribution in [0.25, 0.3) is 10.6 Å². The van der Waals surface area contributed by atoms with E-state index in [4.69, 9.17) is 4.74 Å². The van der Waals surface area contributed by atoms with E-state index in [-0.39, 0.29) is 54.1 Å². The molecule has 21 heavy (non-hydrogen) atoms. The van der Waals surface area contributed by atoms with Crippen LogP contribution in [0.2, 0.25) is 0 Å². The molecular weight excluding hydrogens is 387 g/mol.